The number of rotatable bonds is 2. The summed E-state index contributed by atoms with van der Waals surface area (Å²) >= 11 is 0. The average molecular weight is 364 g/mol. The Labute approximate surface area is 154 Å². The smallest absolute Gasteiger partial charge is 0.155 e. The number of pyridine rings is 2. The summed E-state index contributed by atoms with van der Waals surface area (Å²) in [6.45, 7) is 5.06. The molecule has 0 radical (unpaired) electrons. The van der Waals surface area contributed by atoms with E-state index in [1.54, 1.807) is 12.3 Å². The minimum atomic E-state index is -0.377. The molecule has 4 aromatic rings. The molecule has 0 aliphatic carbocycles. The van der Waals surface area contributed by atoms with Crippen molar-refractivity contribution in [3.8, 4) is 22.5 Å². The first-order valence-corrected chi connectivity index (χ1v) is 8.74. The van der Waals surface area contributed by atoms with Crippen LogP contribution < -0.4 is 0 Å². The second-order valence-electron chi connectivity index (χ2n) is 6.78. The van der Waals surface area contributed by atoms with Crippen LogP contribution in [0, 0.1) is 12.7 Å². The van der Waals surface area contributed by atoms with Gasteiger partial charge in [0.25, 0.3) is 0 Å². The Bertz CT molecular complexity index is 1150. The average Bonchev–Trinajstić information content (AvgIpc) is 3.25. The molecule has 0 fully saturated rings. The topological polar surface area (TPSA) is 81.5 Å². The molecule has 1 aliphatic heterocycles. The highest BCUT2D eigenvalue weighted by Gasteiger charge is 2.27. The third-order valence-corrected chi connectivity index (χ3v) is 4.78. The van der Waals surface area contributed by atoms with Crippen molar-refractivity contribution in [3.05, 3.63) is 47.8 Å². The van der Waals surface area contributed by atoms with Gasteiger partial charge in [0.1, 0.15) is 11.5 Å². The van der Waals surface area contributed by atoms with Crippen molar-refractivity contribution in [1.82, 2.24) is 29.9 Å². The van der Waals surface area contributed by atoms with Gasteiger partial charge in [0.2, 0.25) is 0 Å². The fourth-order valence-corrected chi connectivity index (χ4v) is 3.55. The monoisotopic (exact) mass is 364 g/mol. The van der Waals surface area contributed by atoms with Crippen LogP contribution in [-0.2, 0) is 17.9 Å². The van der Waals surface area contributed by atoms with E-state index in [1.165, 1.54) is 12.3 Å². The molecule has 0 unspecified atom stereocenters. The second kappa shape index (κ2) is 5.95. The predicted molar refractivity (Wildman–Crippen MR) is 97.3 cm³/mol. The number of halogens is 1. The summed E-state index contributed by atoms with van der Waals surface area (Å²) in [6.07, 6.45) is 3.05. The van der Waals surface area contributed by atoms with E-state index in [1.807, 2.05) is 24.6 Å². The Hall–Kier alpha value is -3.13. The molecule has 4 aromatic heterocycles. The van der Waals surface area contributed by atoms with Gasteiger partial charge in [-0.15, -0.1) is 0 Å². The van der Waals surface area contributed by atoms with E-state index in [9.17, 15) is 4.39 Å². The maximum atomic E-state index is 13.4. The summed E-state index contributed by atoms with van der Waals surface area (Å²) in [4.78, 5) is 8.76. The maximum absolute atomic E-state index is 13.4. The van der Waals surface area contributed by atoms with E-state index in [0.717, 1.165) is 27.9 Å². The number of nitrogens with zero attached hydrogens (tertiary/aromatic N) is 5. The molecule has 7 nitrogen and oxygen atoms in total. The highest BCUT2D eigenvalue weighted by atomic mass is 19.1. The molecular formula is C19H17FN6O. The number of fused-ring (bicyclic) bond motifs is 2. The van der Waals surface area contributed by atoms with Crippen molar-refractivity contribution < 1.29 is 9.13 Å². The van der Waals surface area contributed by atoms with Crippen molar-refractivity contribution in [2.45, 2.75) is 33.1 Å². The molecular weight excluding hydrogens is 347 g/mol. The molecule has 0 bridgehead atoms. The largest absolute Gasteiger partial charge is 0.370 e. The lowest BCUT2D eigenvalue weighted by Gasteiger charge is -2.21. The second-order valence-corrected chi connectivity index (χ2v) is 6.78. The first-order chi connectivity index (χ1) is 13.1. The lowest BCUT2D eigenvalue weighted by Crippen LogP contribution is -2.25. The third kappa shape index (κ3) is 2.60. The minimum Gasteiger partial charge on any atom is -0.370 e. The number of hydrogen-bond acceptors (Lipinski definition) is 5. The van der Waals surface area contributed by atoms with Crippen LogP contribution in [0.4, 0.5) is 4.39 Å². The number of ether oxygens (including phenoxy) is 1. The summed E-state index contributed by atoms with van der Waals surface area (Å²) in [6, 6.07) is 5.06. The van der Waals surface area contributed by atoms with Crippen LogP contribution in [0.2, 0.25) is 0 Å². The van der Waals surface area contributed by atoms with Crippen molar-refractivity contribution in [2.24, 2.45) is 0 Å². The zero-order valence-electron chi connectivity index (χ0n) is 14.9. The third-order valence-electron chi connectivity index (χ3n) is 4.78. The minimum absolute atomic E-state index is 0.0763. The van der Waals surface area contributed by atoms with Crippen LogP contribution in [0.1, 0.15) is 18.3 Å². The molecule has 5 heterocycles. The van der Waals surface area contributed by atoms with E-state index in [4.69, 9.17) is 9.84 Å². The number of aromatic nitrogens is 6. The van der Waals surface area contributed by atoms with Crippen LogP contribution in [-0.4, -0.2) is 36.0 Å². The van der Waals surface area contributed by atoms with Gasteiger partial charge < -0.3 is 4.74 Å². The molecule has 1 N–H and O–H groups in total. The number of aromatic amines is 1. The van der Waals surface area contributed by atoms with Crippen LogP contribution in [0.25, 0.3) is 33.5 Å². The molecule has 27 heavy (non-hydrogen) atoms. The normalized spacial score (nSPS) is 16.6. The van der Waals surface area contributed by atoms with E-state index < -0.39 is 0 Å². The van der Waals surface area contributed by atoms with Crippen molar-refractivity contribution in [2.75, 3.05) is 0 Å². The van der Waals surface area contributed by atoms with Gasteiger partial charge in [-0.1, -0.05) is 0 Å². The molecule has 0 aromatic carbocycles. The fourth-order valence-electron chi connectivity index (χ4n) is 3.55. The number of H-pyrrole nitrogens is 1. The highest BCUT2D eigenvalue weighted by molar-refractivity contribution is 5.97. The van der Waals surface area contributed by atoms with Crippen molar-refractivity contribution in [1.29, 1.82) is 0 Å². The summed E-state index contributed by atoms with van der Waals surface area (Å²) < 4.78 is 21.2. The van der Waals surface area contributed by atoms with Crippen LogP contribution >= 0.6 is 0 Å². The first kappa shape index (κ1) is 16.1. The number of hydrogen-bond donors (Lipinski definition) is 1. The maximum Gasteiger partial charge on any atom is 0.155 e. The van der Waals surface area contributed by atoms with Crippen LogP contribution in [0.15, 0.2) is 30.6 Å². The van der Waals surface area contributed by atoms with E-state index in [0.29, 0.717) is 30.2 Å². The summed E-state index contributed by atoms with van der Waals surface area (Å²) in [5.74, 6) is -0.377. The molecule has 0 spiro atoms. The quantitative estimate of drug-likeness (QED) is 0.590. The highest BCUT2D eigenvalue weighted by Crippen LogP contribution is 2.39. The Morgan fingerprint density at radius 1 is 1.30 bits per heavy atom. The zero-order chi connectivity index (χ0) is 18.5. The van der Waals surface area contributed by atoms with Crippen LogP contribution in [0.5, 0.6) is 0 Å². The lowest BCUT2D eigenvalue weighted by atomic mass is 9.98. The van der Waals surface area contributed by atoms with Gasteiger partial charge in [0.15, 0.2) is 5.65 Å². The van der Waals surface area contributed by atoms with Gasteiger partial charge in [-0.25, -0.2) is 9.37 Å². The first-order valence-electron chi connectivity index (χ1n) is 8.74. The lowest BCUT2D eigenvalue weighted by molar-refractivity contribution is 0.0128. The standard InChI is InChI=1S/C19H17FN6O/c1-10-5-13(14-7-22-24-19(14)23-10)17-16-9-27-11(2)8-26(16)25-18(17)15-4-3-12(20)6-21-15/h3-7,11H,8-9H2,1-2H3,(H,22,23,24)/t11-/m1/s1. The van der Waals surface area contributed by atoms with E-state index >= 15 is 0 Å². The van der Waals surface area contributed by atoms with Gasteiger partial charge in [-0.3, -0.25) is 14.8 Å². The van der Waals surface area contributed by atoms with Crippen molar-refractivity contribution in [3.63, 3.8) is 0 Å². The Morgan fingerprint density at radius 2 is 2.19 bits per heavy atom. The van der Waals surface area contributed by atoms with Crippen molar-refractivity contribution >= 4 is 11.0 Å². The van der Waals surface area contributed by atoms with Gasteiger partial charge in [0, 0.05) is 22.2 Å². The van der Waals surface area contributed by atoms with Gasteiger partial charge in [-0.2, -0.15) is 10.2 Å². The number of nitrogens with one attached hydrogen (secondary N) is 1. The van der Waals surface area contributed by atoms with Crippen LogP contribution in [0.3, 0.4) is 0 Å². The molecule has 136 valence electrons. The molecule has 0 amide bonds. The summed E-state index contributed by atoms with van der Waals surface area (Å²) in [7, 11) is 0. The summed E-state index contributed by atoms with van der Waals surface area (Å²) in [5, 5.41) is 12.8. The molecule has 0 saturated carbocycles. The van der Waals surface area contributed by atoms with E-state index in [2.05, 4.69) is 20.2 Å². The zero-order valence-corrected chi connectivity index (χ0v) is 14.9. The van der Waals surface area contributed by atoms with Gasteiger partial charge in [0.05, 0.1) is 43.0 Å². The number of aryl methyl sites for hydroxylation is 1. The molecule has 1 atom stereocenters. The Morgan fingerprint density at radius 3 is 3.00 bits per heavy atom. The van der Waals surface area contributed by atoms with Gasteiger partial charge in [-0.05, 0) is 32.0 Å². The summed E-state index contributed by atoms with van der Waals surface area (Å²) in [5.41, 5.74) is 5.77. The molecule has 0 saturated heterocycles. The molecule has 8 heteroatoms. The predicted octanol–water partition coefficient (Wildman–Crippen LogP) is 3.25. The molecule has 1 aliphatic rings. The Balaban J connectivity index is 1.82. The SMILES string of the molecule is Cc1cc(-c2c(-c3ccc(F)cn3)nn3c2CO[C@H](C)C3)c2cn[nH]c2n1. The fraction of sp³-hybridized carbons (Fsp3) is 0.263. The van der Waals surface area contributed by atoms with Gasteiger partial charge >= 0.3 is 0 Å². The Kier molecular flexibility index (Phi) is 3.54. The molecule has 5 rings (SSSR count). The van der Waals surface area contributed by atoms with E-state index in [-0.39, 0.29) is 11.9 Å².